The largest absolute Gasteiger partial charge is 0.507 e. The summed E-state index contributed by atoms with van der Waals surface area (Å²) in [6.45, 7) is 0. The van der Waals surface area contributed by atoms with Crippen LogP contribution in [0.5, 0.6) is 5.75 Å². The van der Waals surface area contributed by atoms with Crippen molar-refractivity contribution >= 4 is 28.4 Å². The van der Waals surface area contributed by atoms with Crippen LogP contribution in [0.25, 0.3) is 11.3 Å². The lowest BCUT2D eigenvalue weighted by atomic mass is 10.1. The first kappa shape index (κ1) is 14.9. The number of rotatable bonds is 4. The second-order valence-corrected chi connectivity index (χ2v) is 5.48. The first-order chi connectivity index (χ1) is 11.1. The van der Waals surface area contributed by atoms with Crippen LogP contribution < -0.4 is 0 Å². The van der Waals surface area contributed by atoms with Crippen molar-refractivity contribution in [2.24, 2.45) is 4.99 Å². The third-order valence-corrected chi connectivity index (χ3v) is 3.84. The summed E-state index contributed by atoms with van der Waals surface area (Å²) >= 11 is 1.32. The zero-order chi connectivity index (χ0) is 16.2. The van der Waals surface area contributed by atoms with E-state index < -0.39 is 4.92 Å². The fraction of sp³-hybridized carbons (Fsp3) is 0. The SMILES string of the molecule is O=[N+]([O-])c1cccc(-c2csc(N=Cc3ccccc3O)n2)c1. The van der Waals surface area contributed by atoms with E-state index in [2.05, 4.69) is 9.98 Å². The summed E-state index contributed by atoms with van der Waals surface area (Å²) in [4.78, 5) is 19.0. The Balaban J connectivity index is 1.85. The Morgan fingerprint density at radius 2 is 2.04 bits per heavy atom. The van der Waals surface area contributed by atoms with Crippen molar-refractivity contribution in [1.29, 1.82) is 0 Å². The van der Waals surface area contributed by atoms with Gasteiger partial charge in [0.2, 0.25) is 5.13 Å². The topological polar surface area (TPSA) is 88.6 Å². The molecule has 0 saturated heterocycles. The number of aromatic hydroxyl groups is 1. The van der Waals surface area contributed by atoms with Crippen LogP contribution in [0.15, 0.2) is 58.9 Å². The molecule has 1 heterocycles. The molecule has 6 nitrogen and oxygen atoms in total. The lowest BCUT2D eigenvalue weighted by Gasteiger charge is -1.96. The van der Waals surface area contributed by atoms with Crippen molar-refractivity contribution in [3.63, 3.8) is 0 Å². The first-order valence-electron chi connectivity index (χ1n) is 6.66. The maximum atomic E-state index is 10.8. The maximum Gasteiger partial charge on any atom is 0.270 e. The van der Waals surface area contributed by atoms with Gasteiger partial charge >= 0.3 is 0 Å². The van der Waals surface area contributed by atoms with Crippen molar-refractivity contribution in [3.05, 3.63) is 69.6 Å². The molecule has 3 rings (SSSR count). The summed E-state index contributed by atoms with van der Waals surface area (Å²) in [6.07, 6.45) is 1.53. The van der Waals surface area contributed by atoms with Crippen molar-refractivity contribution in [2.75, 3.05) is 0 Å². The first-order valence-corrected chi connectivity index (χ1v) is 7.54. The minimum Gasteiger partial charge on any atom is -0.507 e. The van der Waals surface area contributed by atoms with E-state index in [9.17, 15) is 15.2 Å². The molecule has 2 aromatic carbocycles. The molecule has 0 bridgehead atoms. The van der Waals surface area contributed by atoms with Gasteiger partial charge in [-0.25, -0.2) is 9.98 Å². The molecule has 7 heteroatoms. The zero-order valence-corrected chi connectivity index (χ0v) is 12.6. The zero-order valence-electron chi connectivity index (χ0n) is 11.8. The van der Waals surface area contributed by atoms with Crippen LogP contribution >= 0.6 is 11.3 Å². The number of nitrogens with zero attached hydrogens (tertiary/aromatic N) is 3. The number of phenols is 1. The Morgan fingerprint density at radius 3 is 2.83 bits per heavy atom. The molecule has 1 aromatic heterocycles. The monoisotopic (exact) mass is 325 g/mol. The van der Waals surface area contributed by atoms with Gasteiger partial charge in [-0.05, 0) is 12.1 Å². The Hall–Kier alpha value is -3.06. The second-order valence-electron chi connectivity index (χ2n) is 4.64. The van der Waals surface area contributed by atoms with E-state index in [1.54, 1.807) is 41.8 Å². The lowest BCUT2D eigenvalue weighted by molar-refractivity contribution is -0.384. The standard InChI is InChI=1S/C16H11N3O3S/c20-15-7-2-1-4-12(15)9-17-16-18-14(10-23-16)11-5-3-6-13(8-11)19(21)22/h1-10,20H. The molecule has 0 aliphatic carbocycles. The average molecular weight is 325 g/mol. The van der Waals surface area contributed by atoms with E-state index in [1.165, 1.54) is 29.7 Å². The molecule has 0 aliphatic heterocycles. The number of aliphatic imine (C=N–C) groups is 1. The van der Waals surface area contributed by atoms with Gasteiger partial charge in [-0.3, -0.25) is 10.1 Å². The molecule has 3 aromatic rings. The van der Waals surface area contributed by atoms with Crippen LogP contribution in [0.4, 0.5) is 10.8 Å². The van der Waals surface area contributed by atoms with Crippen molar-refractivity contribution in [2.45, 2.75) is 0 Å². The number of non-ortho nitro benzene ring substituents is 1. The quantitative estimate of drug-likeness (QED) is 0.443. The highest BCUT2D eigenvalue weighted by Gasteiger charge is 2.09. The highest BCUT2D eigenvalue weighted by Crippen LogP contribution is 2.29. The van der Waals surface area contributed by atoms with Crippen LogP contribution in [0.3, 0.4) is 0 Å². The van der Waals surface area contributed by atoms with E-state index in [4.69, 9.17) is 0 Å². The molecule has 0 amide bonds. The third kappa shape index (κ3) is 3.41. The molecule has 1 N–H and O–H groups in total. The molecular formula is C16H11N3O3S. The predicted molar refractivity (Wildman–Crippen MR) is 89.6 cm³/mol. The maximum absolute atomic E-state index is 10.8. The molecule has 0 radical (unpaired) electrons. The van der Waals surface area contributed by atoms with Gasteiger partial charge in [-0.2, -0.15) is 0 Å². The number of para-hydroxylation sites is 1. The van der Waals surface area contributed by atoms with Gasteiger partial charge < -0.3 is 5.11 Å². The molecular weight excluding hydrogens is 314 g/mol. The summed E-state index contributed by atoms with van der Waals surface area (Å²) in [5, 5.41) is 22.8. The van der Waals surface area contributed by atoms with Gasteiger partial charge in [0.25, 0.3) is 5.69 Å². The van der Waals surface area contributed by atoms with Crippen LogP contribution in [0, 0.1) is 10.1 Å². The van der Waals surface area contributed by atoms with Crippen LogP contribution in [-0.2, 0) is 0 Å². The van der Waals surface area contributed by atoms with Crippen LogP contribution in [-0.4, -0.2) is 21.2 Å². The number of aromatic nitrogens is 1. The number of phenolic OH excluding ortho intramolecular Hbond substituents is 1. The number of thiazole rings is 1. The summed E-state index contributed by atoms with van der Waals surface area (Å²) < 4.78 is 0. The van der Waals surface area contributed by atoms with Crippen molar-refractivity contribution in [3.8, 4) is 17.0 Å². The summed E-state index contributed by atoms with van der Waals surface area (Å²) in [5.41, 5.74) is 1.91. The van der Waals surface area contributed by atoms with E-state index in [0.717, 1.165) is 0 Å². The molecule has 0 fully saturated rings. The van der Waals surface area contributed by atoms with Crippen LogP contribution in [0.1, 0.15) is 5.56 Å². The number of hydrogen-bond donors (Lipinski definition) is 1. The third-order valence-electron chi connectivity index (χ3n) is 3.10. The fourth-order valence-electron chi connectivity index (χ4n) is 1.96. The predicted octanol–water partition coefficient (Wildman–Crippen LogP) is 4.17. The van der Waals surface area contributed by atoms with E-state index in [-0.39, 0.29) is 11.4 Å². The fourth-order valence-corrected chi connectivity index (χ4v) is 2.63. The molecule has 0 unspecified atom stereocenters. The molecule has 0 aliphatic rings. The number of nitro groups is 1. The Kier molecular flexibility index (Phi) is 4.11. The number of hydrogen-bond acceptors (Lipinski definition) is 6. The smallest absolute Gasteiger partial charge is 0.270 e. The molecule has 0 spiro atoms. The van der Waals surface area contributed by atoms with Crippen molar-refractivity contribution in [1.82, 2.24) is 4.98 Å². The van der Waals surface area contributed by atoms with Gasteiger partial charge in [-0.1, -0.05) is 24.3 Å². The molecule has 114 valence electrons. The van der Waals surface area contributed by atoms with E-state index >= 15 is 0 Å². The Bertz CT molecular complexity index is 890. The highest BCUT2D eigenvalue weighted by molar-refractivity contribution is 7.13. The molecule has 0 saturated carbocycles. The molecule has 0 atom stereocenters. The van der Waals surface area contributed by atoms with Gasteiger partial charge in [0.1, 0.15) is 5.75 Å². The Labute approximate surface area is 135 Å². The van der Waals surface area contributed by atoms with Crippen molar-refractivity contribution < 1.29 is 10.0 Å². The summed E-state index contributed by atoms with van der Waals surface area (Å²) in [7, 11) is 0. The van der Waals surface area contributed by atoms with E-state index in [1.807, 2.05) is 0 Å². The number of benzene rings is 2. The summed E-state index contributed by atoms with van der Waals surface area (Å²) in [6, 6.07) is 13.2. The Morgan fingerprint density at radius 1 is 1.22 bits per heavy atom. The van der Waals surface area contributed by atoms with Gasteiger partial charge in [0, 0.05) is 34.9 Å². The van der Waals surface area contributed by atoms with E-state index in [0.29, 0.717) is 22.0 Å². The normalized spacial score (nSPS) is 11.0. The van der Waals surface area contributed by atoms with Gasteiger partial charge in [-0.15, -0.1) is 11.3 Å². The minimum absolute atomic E-state index is 0.0229. The minimum atomic E-state index is -0.437. The average Bonchev–Trinajstić information content (AvgIpc) is 3.03. The van der Waals surface area contributed by atoms with Gasteiger partial charge in [0.15, 0.2) is 0 Å². The second kappa shape index (κ2) is 6.37. The highest BCUT2D eigenvalue weighted by atomic mass is 32.1. The molecule has 23 heavy (non-hydrogen) atoms. The van der Waals surface area contributed by atoms with Gasteiger partial charge in [0.05, 0.1) is 10.6 Å². The lowest BCUT2D eigenvalue weighted by Crippen LogP contribution is -1.88. The summed E-state index contributed by atoms with van der Waals surface area (Å²) in [5.74, 6) is 0.145. The van der Waals surface area contributed by atoms with Crippen LogP contribution in [0.2, 0.25) is 0 Å². The number of nitro benzene ring substituents is 1.